The lowest BCUT2D eigenvalue weighted by molar-refractivity contribution is 0.234. The van der Waals surface area contributed by atoms with Crippen LogP contribution in [0.5, 0.6) is 5.88 Å². The van der Waals surface area contributed by atoms with Crippen LogP contribution in [0.4, 0.5) is 0 Å². The number of ether oxygens (including phenoxy) is 1. The largest absolute Gasteiger partial charge is 0.473 e. The molecule has 0 saturated carbocycles. The first-order chi connectivity index (χ1) is 7.59. The number of nitrogens with zero attached hydrogens (tertiary/aromatic N) is 4. The van der Waals surface area contributed by atoms with Gasteiger partial charge in [-0.3, -0.25) is 0 Å². The summed E-state index contributed by atoms with van der Waals surface area (Å²) in [6, 6.07) is 0.311. The zero-order valence-electron chi connectivity index (χ0n) is 10.0. The maximum absolute atomic E-state index is 5.66. The molecule has 0 aliphatic heterocycles. The first kappa shape index (κ1) is 10.9. The Morgan fingerprint density at radius 1 is 1.12 bits per heavy atom. The Bertz CT molecular complexity index is 490. The molecule has 0 fully saturated rings. The van der Waals surface area contributed by atoms with Crippen molar-refractivity contribution in [3.05, 3.63) is 12.7 Å². The third-order valence-electron chi connectivity index (χ3n) is 2.24. The lowest BCUT2D eigenvalue weighted by Gasteiger charge is -2.12. The Hall–Kier alpha value is -1.65. The van der Waals surface area contributed by atoms with E-state index >= 15 is 0 Å². The van der Waals surface area contributed by atoms with Crippen LogP contribution in [0.3, 0.4) is 0 Å². The van der Waals surface area contributed by atoms with Crippen LogP contribution in [0.25, 0.3) is 11.2 Å². The van der Waals surface area contributed by atoms with Gasteiger partial charge < -0.3 is 9.30 Å². The summed E-state index contributed by atoms with van der Waals surface area (Å²) in [7, 11) is 0. The van der Waals surface area contributed by atoms with E-state index in [1.165, 1.54) is 6.33 Å². The molecule has 2 aromatic heterocycles. The van der Waals surface area contributed by atoms with E-state index in [1.807, 2.05) is 18.4 Å². The number of aromatic nitrogens is 4. The van der Waals surface area contributed by atoms with Gasteiger partial charge in [-0.1, -0.05) is 0 Å². The topological polar surface area (TPSA) is 52.8 Å². The molecule has 5 nitrogen and oxygen atoms in total. The van der Waals surface area contributed by atoms with Crippen LogP contribution in [-0.2, 0) is 0 Å². The van der Waals surface area contributed by atoms with Crippen molar-refractivity contribution < 1.29 is 4.74 Å². The van der Waals surface area contributed by atoms with Crippen LogP contribution >= 0.6 is 0 Å². The van der Waals surface area contributed by atoms with Gasteiger partial charge in [0.05, 0.1) is 12.4 Å². The van der Waals surface area contributed by atoms with Crippen molar-refractivity contribution in [3.63, 3.8) is 0 Å². The van der Waals surface area contributed by atoms with Crippen LogP contribution < -0.4 is 4.74 Å². The highest BCUT2D eigenvalue weighted by Gasteiger charge is 2.14. The van der Waals surface area contributed by atoms with Gasteiger partial charge in [0.25, 0.3) is 0 Å². The third-order valence-corrected chi connectivity index (χ3v) is 2.24. The number of imidazole rings is 1. The number of hydrogen-bond donors (Lipinski definition) is 0. The van der Waals surface area contributed by atoms with Crippen LogP contribution in [-0.4, -0.2) is 25.6 Å². The van der Waals surface area contributed by atoms with Gasteiger partial charge in [0, 0.05) is 6.04 Å². The maximum atomic E-state index is 5.66. The SMILES string of the molecule is CC(C)Oc1ncnc2ncn(C(C)C)c12. The van der Waals surface area contributed by atoms with Crippen molar-refractivity contribution in [1.29, 1.82) is 0 Å². The molecular formula is C11H16N4O. The minimum atomic E-state index is 0.0913. The number of rotatable bonds is 3. The van der Waals surface area contributed by atoms with Crippen LogP contribution in [0, 0.1) is 0 Å². The lowest BCUT2D eigenvalue weighted by Crippen LogP contribution is -2.09. The standard InChI is InChI=1S/C11H16N4O/c1-7(2)15-6-14-10-9(15)11(13-5-12-10)16-8(3)4/h5-8H,1-4H3. The Morgan fingerprint density at radius 3 is 2.50 bits per heavy atom. The van der Waals surface area contributed by atoms with E-state index in [9.17, 15) is 0 Å². The third kappa shape index (κ3) is 1.85. The Kier molecular flexibility index (Phi) is 2.77. The van der Waals surface area contributed by atoms with E-state index < -0.39 is 0 Å². The highest BCUT2D eigenvalue weighted by atomic mass is 16.5. The summed E-state index contributed by atoms with van der Waals surface area (Å²) in [6.45, 7) is 8.13. The van der Waals surface area contributed by atoms with Crippen LogP contribution in [0.15, 0.2) is 12.7 Å². The molecule has 0 unspecified atom stereocenters. The number of hydrogen-bond acceptors (Lipinski definition) is 4. The van der Waals surface area contributed by atoms with E-state index in [-0.39, 0.29) is 6.10 Å². The highest BCUT2D eigenvalue weighted by Crippen LogP contribution is 2.24. The number of fused-ring (bicyclic) bond motifs is 1. The molecule has 0 saturated heterocycles. The summed E-state index contributed by atoms with van der Waals surface area (Å²) in [6.07, 6.45) is 3.35. The summed E-state index contributed by atoms with van der Waals surface area (Å²) < 4.78 is 7.69. The second-order valence-corrected chi connectivity index (χ2v) is 4.26. The molecule has 2 aromatic rings. The quantitative estimate of drug-likeness (QED) is 0.795. The van der Waals surface area contributed by atoms with Gasteiger partial charge in [-0.25, -0.2) is 9.97 Å². The fourth-order valence-electron chi connectivity index (χ4n) is 1.55. The van der Waals surface area contributed by atoms with E-state index in [0.29, 0.717) is 17.6 Å². The van der Waals surface area contributed by atoms with E-state index in [4.69, 9.17) is 4.74 Å². The molecule has 0 atom stereocenters. The minimum Gasteiger partial charge on any atom is -0.473 e. The van der Waals surface area contributed by atoms with Gasteiger partial charge in [0.1, 0.15) is 6.33 Å². The highest BCUT2D eigenvalue weighted by molar-refractivity contribution is 5.76. The second-order valence-electron chi connectivity index (χ2n) is 4.26. The molecule has 0 aromatic carbocycles. The van der Waals surface area contributed by atoms with Crippen molar-refractivity contribution in [2.75, 3.05) is 0 Å². The van der Waals surface area contributed by atoms with Crippen molar-refractivity contribution in [2.45, 2.75) is 39.8 Å². The van der Waals surface area contributed by atoms with Gasteiger partial charge in [-0.15, -0.1) is 0 Å². The fourth-order valence-corrected chi connectivity index (χ4v) is 1.55. The van der Waals surface area contributed by atoms with Crippen molar-refractivity contribution in [3.8, 4) is 5.88 Å². The zero-order chi connectivity index (χ0) is 11.7. The molecule has 0 bridgehead atoms. The molecule has 86 valence electrons. The smallest absolute Gasteiger partial charge is 0.243 e. The molecule has 0 N–H and O–H groups in total. The normalized spacial score (nSPS) is 11.6. The molecule has 2 rings (SSSR count). The van der Waals surface area contributed by atoms with Crippen LogP contribution in [0.2, 0.25) is 0 Å². The van der Waals surface area contributed by atoms with Gasteiger partial charge in [-0.05, 0) is 27.7 Å². The van der Waals surface area contributed by atoms with Crippen molar-refractivity contribution >= 4 is 11.2 Å². The van der Waals surface area contributed by atoms with Gasteiger partial charge in [-0.2, -0.15) is 4.98 Å². The summed E-state index contributed by atoms with van der Waals surface area (Å²) >= 11 is 0. The Labute approximate surface area is 94.5 Å². The lowest BCUT2D eigenvalue weighted by atomic mass is 10.3. The summed E-state index contributed by atoms with van der Waals surface area (Å²) in [4.78, 5) is 12.5. The van der Waals surface area contributed by atoms with E-state index in [0.717, 1.165) is 5.52 Å². The average molecular weight is 220 g/mol. The molecular weight excluding hydrogens is 204 g/mol. The first-order valence-electron chi connectivity index (χ1n) is 5.43. The van der Waals surface area contributed by atoms with Crippen molar-refractivity contribution in [2.24, 2.45) is 0 Å². The molecule has 0 amide bonds. The van der Waals surface area contributed by atoms with Gasteiger partial charge in [0.2, 0.25) is 5.88 Å². The molecule has 16 heavy (non-hydrogen) atoms. The predicted octanol–water partition coefficient (Wildman–Crippen LogP) is 2.19. The Balaban J connectivity index is 2.59. The molecule has 0 radical (unpaired) electrons. The Morgan fingerprint density at radius 2 is 1.88 bits per heavy atom. The molecule has 0 aliphatic rings. The fraction of sp³-hybridized carbons (Fsp3) is 0.545. The van der Waals surface area contributed by atoms with Gasteiger partial charge in [0.15, 0.2) is 11.2 Å². The monoisotopic (exact) mass is 220 g/mol. The molecule has 5 heteroatoms. The average Bonchev–Trinajstić information content (AvgIpc) is 2.61. The van der Waals surface area contributed by atoms with E-state index in [2.05, 4.69) is 28.8 Å². The molecule has 2 heterocycles. The van der Waals surface area contributed by atoms with Crippen molar-refractivity contribution in [1.82, 2.24) is 19.5 Å². The molecule has 0 spiro atoms. The molecule has 0 aliphatic carbocycles. The summed E-state index contributed by atoms with van der Waals surface area (Å²) in [5, 5.41) is 0. The van der Waals surface area contributed by atoms with E-state index in [1.54, 1.807) is 6.33 Å². The second kappa shape index (κ2) is 4.08. The maximum Gasteiger partial charge on any atom is 0.243 e. The summed E-state index contributed by atoms with van der Waals surface area (Å²) in [5.74, 6) is 0.603. The van der Waals surface area contributed by atoms with Crippen LogP contribution in [0.1, 0.15) is 33.7 Å². The first-order valence-corrected chi connectivity index (χ1v) is 5.43. The minimum absolute atomic E-state index is 0.0913. The summed E-state index contributed by atoms with van der Waals surface area (Å²) in [5.41, 5.74) is 1.55. The van der Waals surface area contributed by atoms with Gasteiger partial charge >= 0.3 is 0 Å². The zero-order valence-corrected chi connectivity index (χ0v) is 10.0. The predicted molar refractivity (Wildman–Crippen MR) is 61.5 cm³/mol.